The van der Waals surface area contributed by atoms with Crippen LogP contribution in [0.1, 0.15) is 40.5 Å². The van der Waals surface area contributed by atoms with Gasteiger partial charge in [0.1, 0.15) is 12.2 Å². The molecule has 0 rings (SSSR count). The molecule has 17 heavy (non-hydrogen) atoms. The second-order valence-corrected chi connectivity index (χ2v) is 4.49. The van der Waals surface area contributed by atoms with Crippen LogP contribution in [-0.4, -0.2) is 57.0 Å². The molecule has 0 fully saturated rings. The maximum Gasteiger partial charge on any atom is 0.106 e. The van der Waals surface area contributed by atoms with Crippen LogP contribution < -0.4 is 0 Å². The van der Waals surface area contributed by atoms with Crippen molar-refractivity contribution in [1.29, 1.82) is 0 Å². The molecule has 0 aromatic rings. The minimum atomic E-state index is -0.991. The van der Waals surface area contributed by atoms with E-state index in [1.54, 1.807) is 0 Å². The first kappa shape index (κ1) is 16.8. The first-order valence-corrected chi connectivity index (χ1v) is 6.22. The Bertz CT molecular complexity index is 175. The van der Waals surface area contributed by atoms with Crippen LogP contribution in [0.15, 0.2) is 0 Å². The fourth-order valence-electron chi connectivity index (χ4n) is 1.68. The lowest BCUT2D eigenvalue weighted by Crippen LogP contribution is -2.44. The molecule has 4 N–H and O–H groups in total. The van der Waals surface area contributed by atoms with Gasteiger partial charge in [0.25, 0.3) is 0 Å². The summed E-state index contributed by atoms with van der Waals surface area (Å²) in [5.41, 5.74) is 0. The fraction of sp³-hybridized carbons (Fsp3) is 1.00. The highest BCUT2D eigenvalue weighted by atomic mass is 16.5. The quantitative estimate of drug-likeness (QED) is 0.488. The molecule has 0 aromatic heterocycles. The van der Waals surface area contributed by atoms with Gasteiger partial charge in [0.15, 0.2) is 0 Å². The van der Waals surface area contributed by atoms with Gasteiger partial charge in [-0.15, -0.1) is 0 Å². The van der Waals surface area contributed by atoms with Gasteiger partial charge in [0, 0.05) is 0 Å². The average Bonchev–Trinajstić information content (AvgIpc) is 2.28. The van der Waals surface area contributed by atoms with Crippen molar-refractivity contribution in [3.8, 4) is 0 Å². The highest BCUT2D eigenvalue weighted by Crippen LogP contribution is 2.16. The molecule has 0 aliphatic heterocycles. The number of hydrogen-bond donors (Lipinski definition) is 4. The molecule has 104 valence electrons. The Hall–Kier alpha value is -0.200. The van der Waals surface area contributed by atoms with Crippen molar-refractivity contribution in [1.82, 2.24) is 0 Å². The van der Waals surface area contributed by atoms with Crippen LogP contribution >= 0.6 is 0 Å². The van der Waals surface area contributed by atoms with Crippen molar-refractivity contribution >= 4 is 0 Å². The first-order valence-electron chi connectivity index (χ1n) is 6.22. The van der Waals surface area contributed by atoms with Crippen LogP contribution in [-0.2, 0) is 4.74 Å². The van der Waals surface area contributed by atoms with E-state index in [0.717, 1.165) is 0 Å². The van der Waals surface area contributed by atoms with Gasteiger partial charge >= 0.3 is 0 Å². The third-order valence-electron chi connectivity index (χ3n) is 2.90. The van der Waals surface area contributed by atoms with Crippen LogP contribution in [0.2, 0.25) is 0 Å². The second-order valence-electron chi connectivity index (χ2n) is 4.49. The molecular formula is C12H26O5. The molecule has 0 saturated carbocycles. The third-order valence-corrected chi connectivity index (χ3v) is 2.90. The molecule has 0 aliphatic carbocycles. The molecule has 6 unspecified atom stereocenters. The van der Waals surface area contributed by atoms with E-state index in [0.29, 0.717) is 12.8 Å². The van der Waals surface area contributed by atoms with Crippen molar-refractivity contribution < 1.29 is 25.2 Å². The standard InChI is InChI=1S/C12H26O5/c1-5-9(11(15)7(3)13)17-10(6-2)12(16)8(4)14/h7-16H,5-6H2,1-4H3. The van der Waals surface area contributed by atoms with Crippen LogP contribution in [0, 0.1) is 0 Å². The highest BCUT2D eigenvalue weighted by Gasteiger charge is 2.30. The van der Waals surface area contributed by atoms with E-state index in [2.05, 4.69) is 0 Å². The number of ether oxygens (including phenoxy) is 1. The maximum absolute atomic E-state index is 9.73. The van der Waals surface area contributed by atoms with Crippen LogP contribution in [0.3, 0.4) is 0 Å². The van der Waals surface area contributed by atoms with Crippen molar-refractivity contribution in [3.05, 3.63) is 0 Å². The zero-order valence-electron chi connectivity index (χ0n) is 11.1. The molecule has 5 nitrogen and oxygen atoms in total. The summed E-state index contributed by atoms with van der Waals surface area (Å²) in [6.07, 6.45) is -3.81. The number of hydrogen-bond acceptors (Lipinski definition) is 5. The summed E-state index contributed by atoms with van der Waals surface area (Å²) < 4.78 is 5.58. The lowest BCUT2D eigenvalue weighted by Gasteiger charge is -2.31. The van der Waals surface area contributed by atoms with E-state index < -0.39 is 36.6 Å². The molecule has 0 saturated heterocycles. The SMILES string of the molecule is CCC(OC(CC)C(O)C(C)O)C(O)C(C)O. The molecule has 5 heteroatoms. The molecule has 0 aromatic carbocycles. The summed E-state index contributed by atoms with van der Waals surface area (Å²) in [5, 5.41) is 38.1. The lowest BCUT2D eigenvalue weighted by atomic mass is 10.0. The summed E-state index contributed by atoms with van der Waals surface area (Å²) in [4.78, 5) is 0. The van der Waals surface area contributed by atoms with E-state index >= 15 is 0 Å². The van der Waals surface area contributed by atoms with E-state index in [-0.39, 0.29) is 0 Å². The number of aliphatic hydroxyl groups excluding tert-OH is 4. The van der Waals surface area contributed by atoms with Crippen molar-refractivity contribution in [2.45, 2.75) is 77.2 Å². The van der Waals surface area contributed by atoms with Crippen molar-refractivity contribution in [2.24, 2.45) is 0 Å². The maximum atomic E-state index is 9.73. The Labute approximate surface area is 103 Å². The van der Waals surface area contributed by atoms with Crippen molar-refractivity contribution in [2.75, 3.05) is 0 Å². The molecule has 0 heterocycles. The normalized spacial score (nSPS) is 22.6. The highest BCUT2D eigenvalue weighted by molar-refractivity contribution is 4.78. The monoisotopic (exact) mass is 250 g/mol. The Morgan fingerprint density at radius 3 is 1.24 bits per heavy atom. The predicted octanol–water partition coefficient (Wildman–Crippen LogP) is 0.0436. The van der Waals surface area contributed by atoms with Crippen molar-refractivity contribution in [3.63, 3.8) is 0 Å². The Kier molecular flexibility index (Phi) is 7.91. The summed E-state index contributed by atoms with van der Waals surface area (Å²) >= 11 is 0. The number of rotatable bonds is 8. The summed E-state index contributed by atoms with van der Waals surface area (Å²) in [6.45, 7) is 6.64. The molecule has 0 amide bonds. The topological polar surface area (TPSA) is 90.2 Å². The number of aliphatic hydroxyl groups is 4. The van der Waals surface area contributed by atoms with Gasteiger partial charge in [-0.3, -0.25) is 0 Å². The van der Waals surface area contributed by atoms with E-state index in [9.17, 15) is 20.4 Å². The van der Waals surface area contributed by atoms with Gasteiger partial charge in [-0.05, 0) is 26.7 Å². The van der Waals surface area contributed by atoms with Gasteiger partial charge < -0.3 is 25.2 Å². The average molecular weight is 250 g/mol. The fourth-order valence-corrected chi connectivity index (χ4v) is 1.68. The summed E-state index contributed by atoms with van der Waals surface area (Å²) in [5.74, 6) is 0. The van der Waals surface area contributed by atoms with Gasteiger partial charge in [-0.25, -0.2) is 0 Å². The summed E-state index contributed by atoms with van der Waals surface area (Å²) in [6, 6.07) is 0. The second kappa shape index (κ2) is 8.00. The zero-order chi connectivity index (χ0) is 13.6. The smallest absolute Gasteiger partial charge is 0.106 e. The van der Waals surface area contributed by atoms with E-state index in [1.807, 2.05) is 13.8 Å². The van der Waals surface area contributed by atoms with E-state index in [1.165, 1.54) is 13.8 Å². The minimum Gasteiger partial charge on any atom is -0.391 e. The van der Waals surface area contributed by atoms with Crippen LogP contribution in [0.4, 0.5) is 0 Å². The Morgan fingerprint density at radius 1 is 0.765 bits per heavy atom. The molecular weight excluding hydrogens is 224 g/mol. The molecule has 0 bridgehead atoms. The van der Waals surface area contributed by atoms with Gasteiger partial charge in [-0.1, -0.05) is 13.8 Å². The minimum absolute atomic E-state index is 0.523. The van der Waals surface area contributed by atoms with Gasteiger partial charge in [0.2, 0.25) is 0 Å². The molecule has 0 aliphatic rings. The third kappa shape index (κ3) is 5.31. The van der Waals surface area contributed by atoms with Crippen LogP contribution in [0.25, 0.3) is 0 Å². The zero-order valence-corrected chi connectivity index (χ0v) is 11.1. The molecule has 0 spiro atoms. The molecule has 6 atom stereocenters. The molecule has 0 radical (unpaired) electrons. The first-order chi connectivity index (χ1) is 7.84. The van der Waals surface area contributed by atoms with E-state index in [4.69, 9.17) is 4.74 Å². The van der Waals surface area contributed by atoms with Crippen LogP contribution in [0.5, 0.6) is 0 Å². The predicted molar refractivity (Wildman–Crippen MR) is 64.6 cm³/mol. The summed E-state index contributed by atoms with van der Waals surface area (Å²) in [7, 11) is 0. The van der Waals surface area contributed by atoms with Gasteiger partial charge in [0.05, 0.1) is 24.4 Å². The van der Waals surface area contributed by atoms with Gasteiger partial charge in [-0.2, -0.15) is 0 Å². The largest absolute Gasteiger partial charge is 0.391 e. The lowest BCUT2D eigenvalue weighted by molar-refractivity contribution is -0.155. The Morgan fingerprint density at radius 2 is 1.06 bits per heavy atom. The Balaban J connectivity index is 4.51.